The van der Waals surface area contributed by atoms with Crippen LogP contribution in [0.15, 0.2) is 51.3 Å². The molecule has 10 nitrogen and oxygen atoms in total. The molecule has 0 aliphatic carbocycles. The Hall–Kier alpha value is -3.86. The van der Waals surface area contributed by atoms with Gasteiger partial charge in [-0.05, 0) is 26.0 Å². The van der Waals surface area contributed by atoms with Crippen molar-refractivity contribution < 1.29 is 23.5 Å². The van der Waals surface area contributed by atoms with Gasteiger partial charge < -0.3 is 14.9 Å². The summed E-state index contributed by atoms with van der Waals surface area (Å²) in [5.41, 5.74) is 5.26. The van der Waals surface area contributed by atoms with Crippen molar-refractivity contribution in [1.82, 2.24) is 9.55 Å². The molecule has 11 heteroatoms. The molecule has 0 atom stereocenters. The third-order valence-corrected chi connectivity index (χ3v) is 5.51. The average molecular weight is 471 g/mol. The summed E-state index contributed by atoms with van der Waals surface area (Å²) in [5.74, 6) is -2.61. The maximum atomic E-state index is 12.8. The summed E-state index contributed by atoms with van der Waals surface area (Å²) < 4.78 is 11.8. The largest absolute Gasteiger partial charge is 0.462 e. The Morgan fingerprint density at radius 2 is 2.03 bits per heavy atom. The van der Waals surface area contributed by atoms with E-state index in [0.717, 1.165) is 11.8 Å². The molecule has 0 saturated heterocycles. The van der Waals surface area contributed by atoms with Crippen LogP contribution < -0.4 is 16.6 Å². The fourth-order valence-electron chi connectivity index (χ4n) is 3.16. The van der Waals surface area contributed by atoms with Crippen molar-refractivity contribution in [2.45, 2.75) is 25.5 Å². The molecule has 33 heavy (non-hydrogen) atoms. The number of amides is 2. The number of carbonyl (C=O) groups excluding carboxylic acids is 3. The molecular formula is C22H22N4O6S. The molecule has 1 aromatic carbocycles. The van der Waals surface area contributed by atoms with E-state index in [2.05, 4.69) is 16.9 Å². The van der Waals surface area contributed by atoms with Gasteiger partial charge in [0.1, 0.15) is 16.9 Å². The minimum atomic E-state index is -0.950. The molecule has 0 fully saturated rings. The number of anilines is 1. The Balaban J connectivity index is 1.85. The first kappa shape index (κ1) is 23.8. The molecule has 0 aliphatic heterocycles. The van der Waals surface area contributed by atoms with E-state index in [9.17, 15) is 19.2 Å². The summed E-state index contributed by atoms with van der Waals surface area (Å²) in [4.78, 5) is 54.0. The van der Waals surface area contributed by atoms with Gasteiger partial charge in [-0.1, -0.05) is 30.0 Å². The van der Waals surface area contributed by atoms with E-state index < -0.39 is 17.8 Å². The number of nitrogens with one attached hydrogen (secondary N) is 1. The van der Waals surface area contributed by atoms with Crippen molar-refractivity contribution >= 4 is 46.3 Å². The number of thioether (sulfide) groups is 1. The van der Waals surface area contributed by atoms with Crippen molar-refractivity contribution in [3.8, 4) is 0 Å². The summed E-state index contributed by atoms with van der Waals surface area (Å²) in [6.07, 6.45) is 1.56. The highest BCUT2D eigenvalue weighted by molar-refractivity contribution is 7.99. The van der Waals surface area contributed by atoms with Gasteiger partial charge in [0.25, 0.3) is 11.5 Å². The normalized spacial score (nSPS) is 10.7. The number of esters is 1. The molecule has 3 aromatic rings. The number of nitrogens with two attached hydrogens (primary N) is 1. The van der Waals surface area contributed by atoms with Gasteiger partial charge in [0.15, 0.2) is 5.16 Å². The highest BCUT2D eigenvalue weighted by atomic mass is 32.2. The van der Waals surface area contributed by atoms with E-state index >= 15 is 0 Å². The standard InChI is InChI=1S/C22H22N4O6S/c1-4-10-26-20(29)13-8-6-7-9-14(13)24-22(26)33-11-15(27)25-19-17(18(23)28)16(12(3)32-19)21(30)31-5-2/h4,6-9H,1,5,10-11H2,2-3H3,(H2,23,28)(H,25,27). The lowest BCUT2D eigenvalue weighted by Gasteiger charge is -2.11. The van der Waals surface area contributed by atoms with Gasteiger partial charge in [0.05, 0.1) is 23.3 Å². The molecule has 172 valence electrons. The average Bonchev–Trinajstić information content (AvgIpc) is 3.10. The number of rotatable bonds is 9. The quantitative estimate of drug-likeness (QED) is 0.210. The Kier molecular flexibility index (Phi) is 7.34. The minimum absolute atomic E-state index is 0.0845. The van der Waals surface area contributed by atoms with Crippen LogP contribution in [0.4, 0.5) is 5.88 Å². The molecular weight excluding hydrogens is 448 g/mol. The van der Waals surface area contributed by atoms with Gasteiger partial charge in [0, 0.05) is 6.54 Å². The van der Waals surface area contributed by atoms with Gasteiger partial charge in [0.2, 0.25) is 11.8 Å². The van der Waals surface area contributed by atoms with Gasteiger partial charge >= 0.3 is 5.97 Å². The lowest BCUT2D eigenvalue weighted by Crippen LogP contribution is -2.24. The van der Waals surface area contributed by atoms with Crippen molar-refractivity contribution in [2.24, 2.45) is 5.73 Å². The Morgan fingerprint density at radius 1 is 1.30 bits per heavy atom. The van der Waals surface area contributed by atoms with Crippen LogP contribution in [0.3, 0.4) is 0 Å². The lowest BCUT2D eigenvalue weighted by molar-refractivity contribution is -0.113. The number of furan rings is 1. The number of nitrogens with zero attached hydrogens (tertiary/aromatic N) is 2. The second kappa shape index (κ2) is 10.2. The SMILES string of the molecule is C=CCn1c(SCC(=O)Nc2oc(C)c(C(=O)OCC)c2C(N)=O)nc2ccccc2c1=O. The zero-order valence-corrected chi connectivity index (χ0v) is 18.9. The maximum Gasteiger partial charge on any atom is 0.342 e. The van der Waals surface area contributed by atoms with E-state index in [1.165, 1.54) is 11.5 Å². The zero-order chi connectivity index (χ0) is 24.1. The van der Waals surface area contributed by atoms with Crippen LogP contribution in [0, 0.1) is 6.92 Å². The van der Waals surface area contributed by atoms with Gasteiger partial charge in [-0.2, -0.15) is 0 Å². The van der Waals surface area contributed by atoms with Gasteiger partial charge in [-0.3, -0.25) is 24.3 Å². The Bertz CT molecular complexity index is 1310. The highest BCUT2D eigenvalue weighted by Crippen LogP contribution is 2.28. The molecule has 3 N–H and O–H groups in total. The number of hydrogen-bond acceptors (Lipinski definition) is 8. The third kappa shape index (κ3) is 4.98. The first-order valence-corrected chi connectivity index (χ1v) is 10.9. The number of aromatic nitrogens is 2. The molecule has 0 aliphatic rings. The molecule has 3 rings (SSSR count). The number of fused-ring (bicyclic) bond motifs is 1. The fourth-order valence-corrected chi connectivity index (χ4v) is 3.97. The number of hydrogen-bond donors (Lipinski definition) is 2. The summed E-state index contributed by atoms with van der Waals surface area (Å²) in [6, 6.07) is 6.90. The number of benzene rings is 1. The molecule has 2 aromatic heterocycles. The molecule has 2 heterocycles. The number of allylic oxidation sites excluding steroid dienone is 1. The number of aryl methyl sites for hydroxylation is 1. The minimum Gasteiger partial charge on any atom is -0.462 e. The van der Waals surface area contributed by atoms with E-state index in [4.69, 9.17) is 14.9 Å². The molecule has 0 bridgehead atoms. The predicted octanol–water partition coefficient (Wildman–Crippen LogP) is 2.49. The van der Waals surface area contributed by atoms with E-state index in [1.54, 1.807) is 37.3 Å². The first-order chi connectivity index (χ1) is 15.8. The second-order valence-corrected chi connectivity index (χ2v) is 7.72. The van der Waals surface area contributed by atoms with Crippen LogP contribution in [0.25, 0.3) is 10.9 Å². The van der Waals surface area contributed by atoms with E-state index in [1.807, 2.05) is 0 Å². The van der Waals surface area contributed by atoms with Crippen molar-refractivity contribution in [1.29, 1.82) is 0 Å². The third-order valence-electron chi connectivity index (χ3n) is 4.53. The van der Waals surface area contributed by atoms with Crippen LogP contribution >= 0.6 is 11.8 Å². The summed E-state index contributed by atoms with van der Waals surface area (Å²) in [7, 11) is 0. The summed E-state index contributed by atoms with van der Waals surface area (Å²) in [5, 5.41) is 3.23. The van der Waals surface area contributed by atoms with Crippen LogP contribution in [0.1, 0.15) is 33.4 Å². The van der Waals surface area contributed by atoms with Crippen molar-refractivity contribution in [2.75, 3.05) is 17.7 Å². The van der Waals surface area contributed by atoms with E-state index in [-0.39, 0.29) is 47.2 Å². The fraction of sp³-hybridized carbons (Fsp3) is 0.227. The summed E-state index contributed by atoms with van der Waals surface area (Å²) >= 11 is 1.03. The number of primary amides is 1. The Labute approximate surface area is 192 Å². The van der Waals surface area contributed by atoms with Crippen LogP contribution in [-0.2, 0) is 16.1 Å². The van der Waals surface area contributed by atoms with Crippen LogP contribution in [0.5, 0.6) is 0 Å². The molecule has 0 saturated carbocycles. The number of ether oxygens (including phenoxy) is 1. The van der Waals surface area contributed by atoms with Gasteiger partial charge in [-0.15, -0.1) is 6.58 Å². The smallest absolute Gasteiger partial charge is 0.342 e. The Morgan fingerprint density at radius 3 is 2.70 bits per heavy atom. The first-order valence-electron chi connectivity index (χ1n) is 9.91. The van der Waals surface area contributed by atoms with Gasteiger partial charge in [-0.25, -0.2) is 9.78 Å². The van der Waals surface area contributed by atoms with Crippen LogP contribution in [-0.4, -0.2) is 39.7 Å². The molecule has 2 amide bonds. The summed E-state index contributed by atoms with van der Waals surface area (Å²) in [6.45, 7) is 7.04. The number of carbonyl (C=O) groups is 3. The van der Waals surface area contributed by atoms with Crippen LogP contribution in [0.2, 0.25) is 0 Å². The topological polar surface area (TPSA) is 147 Å². The molecule has 0 unspecified atom stereocenters. The monoisotopic (exact) mass is 470 g/mol. The molecule has 0 radical (unpaired) electrons. The zero-order valence-electron chi connectivity index (χ0n) is 18.0. The number of para-hydroxylation sites is 1. The lowest BCUT2D eigenvalue weighted by atomic mass is 10.1. The van der Waals surface area contributed by atoms with Crippen molar-refractivity contribution in [3.05, 3.63) is 64.2 Å². The van der Waals surface area contributed by atoms with Crippen molar-refractivity contribution in [3.63, 3.8) is 0 Å². The second-order valence-electron chi connectivity index (χ2n) is 6.77. The van der Waals surface area contributed by atoms with E-state index in [0.29, 0.717) is 16.1 Å². The molecule has 0 spiro atoms. The highest BCUT2D eigenvalue weighted by Gasteiger charge is 2.29. The predicted molar refractivity (Wildman–Crippen MR) is 123 cm³/mol. The maximum absolute atomic E-state index is 12.8.